The Hall–Kier alpha value is -6.28. The summed E-state index contributed by atoms with van der Waals surface area (Å²) in [6.07, 6.45) is 7.41. The number of benzene rings is 3. The summed E-state index contributed by atoms with van der Waals surface area (Å²) < 4.78 is 55.9. The summed E-state index contributed by atoms with van der Waals surface area (Å²) in [4.78, 5) is 47.5. The van der Waals surface area contributed by atoms with E-state index in [1.165, 1.54) is 4.57 Å². The summed E-state index contributed by atoms with van der Waals surface area (Å²) in [5.41, 5.74) is 4.12. The normalized spacial score (nSPS) is 22.7. The minimum atomic E-state index is -2.66. The molecule has 2 aliphatic carbocycles. The zero-order valence-electron chi connectivity index (χ0n) is 39.8. The number of anilines is 1. The van der Waals surface area contributed by atoms with E-state index in [2.05, 4.69) is 34.5 Å². The van der Waals surface area contributed by atoms with E-state index < -0.39 is 35.8 Å². The molecule has 0 bridgehead atoms. The van der Waals surface area contributed by atoms with Gasteiger partial charge in [-0.15, -0.1) is 0 Å². The van der Waals surface area contributed by atoms with Gasteiger partial charge in [0.25, 0.3) is 5.91 Å². The number of aromatic nitrogens is 7. The van der Waals surface area contributed by atoms with Crippen LogP contribution in [0, 0.1) is 25.6 Å². The first kappa shape index (κ1) is 45.5. The molecule has 3 aromatic carbocycles. The van der Waals surface area contributed by atoms with Crippen molar-refractivity contribution in [2.24, 2.45) is 5.92 Å². The van der Waals surface area contributed by atoms with E-state index in [9.17, 15) is 18.5 Å². The van der Waals surface area contributed by atoms with Crippen LogP contribution in [0.3, 0.4) is 0 Å². The van der Waals surface area contributed by atoms with E-state index in [0.717, 1.165) is 34.6 Å². The SMILES string of the molecule is CCP(=O)(CC)c1ccc(-n2ccn(-c3c(-c4cc(C)c(F)c(C)c4)nn4c3C(C)N(C(=O)c3cc5cc(C6CCC(C)(F)CC6)ccc5n3[C@@]3(c5noc(=O)[nH]5)C[C@@H]3C)CC4)c2=O)cc1NC. The van der Waals surface area contributed by atoms with Crippen molar-refractivity contribution in [1.29, 1.82) is 0 Å². The lowest BCUT2D eigenvalue weighted by Gasteiger charge is -2.35. The van der Waals surface area contributed by atoms with Gasteiger partial charge in [0.15, 0.2) is 5.82 Å². The van der Waals surface area contributed by atoms with E-state index in [1.807, 2.05) is 60.4 Å². The largest absolute Gasteiger partial charge is 0.438 e. The molecule has 3 aliphatic rings. The van der Waals surface area contributed by atoms with Crippen LogP contribution in [-0.2, 0) is 16.6 Å². The molecule has 0 saturated heterocycles. The number of carbonyl (C=O) groups excluding carboxylic acids is 1. The van der Waals surface area contributed by atoms with Crippen molar-refractivity contribution in [3.8, 4) is 22.6 Å². The minimum absolute atomic E-state index is 0.0123. The number of nitrogens with zero attached hydrogens (tertiary/aromatic N) is 7. The Labute approximate surface area is 392 Å². The van der Waals surface area contributed by atoms with Crippen LogP contribution in [-0.4, -0.2) is 76.0 Å². The highest BCUT2D eigenvalue weighted by Gasteiger charge is 2.59. The number of hydrogen-bond acceptors (Lipinski definition) is 8. The Bertz CT molecular complexity index is 3300. The average Bonchev–Trinajstić information content (AvgIpc) is 3.82. The predicted molar refractivity (Wildman–Crippen MR) is 260 cm³/mol. The molecule has 68 heavy (non-hydrogen) atoms. The van der Waals surface area contributed by atoms with Gasteiger partial charge in [-0.05, 0) is 137 Å². The topological polar surface area (TPSA) is 158 Å². The number of halogens is 2. The quantitative estimate of drug-likeness (QED) is 0.122. The van der Waals surface area contributed by atoms with Crippen molar-refractivity contribution >= 4 is 34.9 Å². The number of alkyl halides is 1. The molecule has 1 unspecified atom stereocenters. The van der Waals surface area contributed by atoms with E-state index in [4.69, 9.17) is 9.62 Å². The highest BCUT2D eigenvalue weighted by atomic mass is 31.2. The van der Waals surface area contributed by atoms with Crippen molar-refractivity contribution in [3.63, 3.8) is 0 Å². The summed E-state index contributed by atoms with van der Waals surface area (Å²) in [6.45, 7) is 13.5. The molecule has 4 aromatic heterocycles. The zero-order valence-corrected chi connectivity index (χ0v) is 40.7. The summed E-state index contributed by atoms with van der Waals surface area (Å²) in [5.74, 6) is -0.765. The third-order valence-corrected chi connectivity index (χ3v) is 18.7. The third kappa shape index (κ3) is 7.15. The zero-order chi connectivity index (χ0) is 48.2. The minimum Gasteiger partial charge on any atom is -0.387 e. The van der Waals surface area contributed by atoms with Gasteiger partial charge in [0.05, 0.1) is 24.0 Å². The molecule has 10 rings (SSSR count). The van der Waals surface area contributed by atoms with Gasteiger partial charge in [0, 0.05) is 65.8 Å². The lowest BCUT2D eigenvalue weighted by molar-refractivity contribution is 0.0623. The Morgan fingerprint density at radius 3 is 2.29 bits per heavy atom. The fourth-order valence-corrected chi connectivity index (χ4v) is 13.4. The van der Waals surface area contributed by atoms with Gasteiger partial charge in [0.2, 0.25) is 0 Å². The fraction of sp³-hybridized carbons (Fsp3) is 0.431. The molecule has 356 valence electrons. The maximum absolute atomic E-state index is 15.6. The Morgan fingerprint density at radius 2 is 1.66 bits per heavy atom. The number of amides is 1. The third-order valence-electron chi connectivity index (χ3n) is 15.4. The highest BCUT2D eigenvalue weighted by molar-refractivity contribution is 7.71. The number of fused-ring (bicyclic) bond motifs is 2. The van der Waals surface area contributed by atoms with Crippen LogP contribution in [0.25, 0.3) is 33.5 Å². The van der Waals surface area contributed by atoms with Crippen LogP contribution >= 0.6 is 7.14 Å². The molecule has 3 atom stereocenters. The van der Waals surface area contributed by atoms with E-state index in [-0.39, 0.29) is 30.1 Å². The summed E-state index contributed by atoms with van der Waals surface area (Å²) in [5, 5.41) is 14.1. The van der Waals surface area contributed by atoms with Crippen LogP contribution in [0.4, 0.5) is 14.5 Å². The average molecular weight is 946 g/mol. The monoisotopic (exact) mass is 945 g/mol. The molecular weight excluding hydrogens is 888 g/mol. The molecule has 2 fully saturated rings. The number of hydrogen-bond donors (Lipinski definition) is 2. The number of aryl methyl sites for hydroxylation is 2. The predicted octanol–water partition coefficient (Wildman–Crippen LogP) is 9.33. The summed E-state index contributed by atoms with van der Waals surface area (Å²) >= 11 is 0. The highest BCUT2D eigenvalue weighted by Crippen LogP contribution is 2.56. The molecule has 2 N–H and O–H groups in total. The second-order valence-electron chi connectivity index (χ2n) is 19.5. The molecular formula is C51H58F2N9O5P. The van der Waals surface area contributed by atoms with Crippen molar-refractivity contribution in [2.45, 2.75) is 110 Å². The molecule has 14 nitrogen and oxygen atoms in total. The van der Waals surface area contributed by atoms with Gasteiger partial charge in [-0.1, -0.05) is 32.0 Å². The van der Waals surface area contributed by atoms with Crippen molar-refractivity contribution < 1.29 is 22.7 Å². The van der Waals surface area contributed by atoms with Gasteiger partial charge in [-0.2, -0.15) is 5.10 Å². The van der Waals surface area contributed by atoms with Crippen LogP contribution in [0.1, 0.15) is 117 Å². The molecule has 2 saturated carbocycles. The number of imidazole rings is 1. The second-order valence-corrected chi connectivity index (χ2v) is 23.1. The smallest absolute Gasteiger partial charge is 0.387 e. The summed E-state index contributed by atoms with van der Waals surface area (Å²) in [7, 11) is -0.888. The lowest BCUT2D eigenvalue weighted by atomic mass is 9.78. The maximum atomic E-state index is 15.6. The number of carbonyl (C=O) groups is 1. The van der Waals surface area contributed by atoms with Gasteiger partial charge in [-0.25, -0.2) is 18.4 Å². The Kier molecular flexibility index (Phi) is 11.0. The second kappa shape index (κ2) is 16.5. The molecule has 17 heteroatoms. The van der Waals surface area contributed by atoms with E-state index in [0.29, 0.717) is 94.8 Å². The first-order chi connectivity index (χ1) is 32.4. The van der Waals surface area contributed by atoms with Crippen molar-refractivity contribution in [2.75, 3.05) is 31.2 Å². The van der Waals surface area contributed by atoms with Crippen molar-refractivity contribution in [1.82, 2.24) is 38.5 Å². The van der Waals surface area contributed by atoms with Crippen LogP contribution in [0.2, 0.25) is 0 Å². The first-order valence-electron chi connectivity index (χ1n) is 23.7. The van der Waals surface area contributed by atoms with Gasteiger partial charge in [-0.3, -0.25) is 28.1 Å². The molecule has 7 aromatic rings. The van der Waals surface area contributed by atoms with Crippen LogP contribution in [0.15, 0.2) is 81.1 Å². The van der Waals surface area contributed by atoms with Gasteiger partial charge >= 0.3 is 11.4 Å². The van der Waals surface area contributed by atoms with Gasteiger partial charge in [0.1, 0.15) is 41.2 Å². The van der Waals surface area contributed by atoms with E-state index in [1.54, 1.807) is 61.8 Å². The number of aromatic amines is 1. The van der Waals surface area contributed by atoms with E-state index >= 15 is 9.18 Å². The fourth-order valence-electron chi connectivity index (χ4n) is 11.3. The Balaban J connectivity index is 1.10. The Morgan fingerprint density at radius 1 is 0.971 bits per heavy atom. The molecule has 0 radical (unpaired) electrons. The molecule has 5 heterocycles. The number of rotatable bonds is 11. The summed E-state index contributed by atoms with van der Waals surface area (Å²) in [6, 6.07) is 16.4. The van der Waals surface area contributed by atoms with Gasteiger partial charge < -0.3 is 19.3 Å². The number of nitrogens with one attached hydrogen (secondary N) is 2. The number of H-pyrrole nitrogens is 1. The molecule has 1 amide bonds. The standard InChI is InChI=1S/C51H58F2N9O5P/c1-9-68(66,10-2)41-14-12-37(27-38(41)54-8)59-19-20-60(49(59)65)45-43(36-23-29(3)42(52)30(4)24-36)56-61-22-21-58(32(6)44(45)61)46(63)40-26-35-25-34(33-15-17-50(7,53)18-16-33)11-13-39(35)62(40)51(28-31(51)5)47-55-48(64)67-57-47/h11-14,19-20,23-27,31-33,54H,9-10,15-18,21-22,28H2,1-8H3,(H,55,57,64)/t31-,32?,33?,50?,51-/m0/s1. The first-order valence-corrected chi connectivity index (χ1v) is 25.8. The lowest BCUT2D eigenvalue weighted by Crippen LogP contribution is -2.43. The molecule has 0 spiro atoms. The van der Waals surface area contributed by atoms with Crippen LogP contribution < -0.4 is 22.1 Å². The van der Waals surface area contributed by atoms with Crippen molar-refractivity contribution in [3.05, 3.63) is 128 Å². The molecule has 1 aliphatic heterocycles. The van der Waals surface area contributed by atoms with Crippen LogP contribution in [0.5, 0.6) is 0 Å². The maximum Gasteiger partial charge on any atom is 0.438 e.